The number of allylic oxidation sites excluding steroid dienone is 4. The van der Waals surface area contributed by atoms with Gasteiger partial charge in [-0.3, -0.25) is 0 Å². The quantitative estimate of drug-likeness (QED) is 0.184. The van der Waals surface area contributed by atoms with Crippen molar-refractivity contribution in [2.45, 2.75) is 70.0 Å². The zero-order valence-electron chi connectivity index (χ0n) is 28.6. The van der Waals surface area contributed by atoms with E-state index >= 15 is 0 Å². The van der Waals surface area contributed by atoms with Crippen LogP contribution in [-0.4, -0.2) is 3.21 Å². The summed E-state index contributed by atoms with van der Waals surface area (Å²) in [7, 11) is 0. The molecule has 0 radical (unpaired) electrons. The molecule has 262 valence electrons. The molecule has 0 N–H and O–H groups in total. The van der Waals surface area contributed by atoms with E-state index in [1.807, 2.05) is 36.4 Å². The van der Waals surface area contributed by atoms with Crippen LogP contribution in [0.4, 0.5) is 0 Å². The summed E-state index contributed by atoms with van der Waals surface area (Å²) in [6.45, 7) is 13.7. The van der Waals surface area contributed by atoms with E-state index in [-0.39, 0.29) is 39.3 Å². The second-order valence-corrected chi connectivity index (χ2v) is 25.6. The molecule has 50 heavy (non-hydrogen) atoms. The number of halogens is 8. The summed E-state index contributed by atoms with van der Waals surface area (Å²) in [4.78, 5) is 0. The van der Waals surface area contributed by atoms with Gasteiger partial charge in [0.1, 0.15) is 0 Å². The zero-order chi connectivity index (χ0) is 34.8. The minimum absolute atomic E-state index is 0. The molecule has 0 atom stereocenters. The molecule has 0 bridgehead atoms. The Kier molecular flexibility index (Phi) is 13.2. The van der Waals surface area contributed by atoms with E-state index in [4.69, 9.17) is 69.6 Å². The summed E-state index contributed by atoms with van der Waals surface area (Å²) in [6.07, 6.45) is 7.74. The van der Waals surface area contributed by atoms with Crippen LogP contribution in [-0.2, 0) is 39.7 Å². The van der Waals surface area contributed by atoms with E-state index in [1.54, 1.807) is 0 Å². The monoisotopic (exact) mass is 900 g/mol. The third kappa shape index (κ3) is 8.70. The first-order chi connectivity index (χ1) is 22.3. The Hall–Kier alpha value is -0.567. The summed E-state index contributed by atoms with van der Waals surface area (Å²) in [5.74, 6) is 0. The zero-order valence-corrected chi connectivity index (χ0v) is 37.1. The number of hydrogen-bond acceptors (Lipinski definition) is 0. The molecule has 0 saturated heterocycles. The second kappa shape index (κ2) is 15.7. The molecule has 0 amide bonds. The SMILES string of the molecule is CC(C)(C)c1ccc2c(c1)[CH]([Zr+2]([C]1=CC=CC1)=[C](c1cccc(C(Cl)(Cl)Cl)c1)c1cccc(C(Cl)(Cl)Cl)c1)c1cc(C(C)(C)C)ccc1-2.[Cl-].[Cl-]. The van der Waals surface area contributed by atoms with E-state index in [0.29, 0.717) is 11.1 Å². The Balaban J connectivity index is 0.00000281. The largest absolute Gasteiger partial charge is 1.00 e. The molecular weight excluding hydrogens is 867 g/mol. The standard InChI is InChI=1S/C21H25.C15H8Cl6.C5H5.2ClH.Zr/c1-20(2,3)16-7-9-18-14(12-16)11-15-13-17(21(4,5)6)8-10-19(15)18;16-14(17,18)12-5-1-3-10(8-12)7-11-4-2-6-13(9-11)15(19,20)21;1-2-4-5-3-1;;;/h7-13H,1-6H3;1-6,8-9H;1-3H,4H2;2*1H;/q;;;;;+2/p-2. The van der Waals surface area contributed by atoms with Gasteiger partial charge in [-0.1, -0.05) is 0 Å². The average Bonchev–Trinajstić information content (AvgIpc) is 3.64. The van der Waals surface area contributed by atoms with Crippen molar-refractivity contribution in [2.24, 2.45) is 0 Å². The van der Waals surface area contributed by atoms with Crippen LogP contribution in [0, 0.1) is 0 Å². The van der Waals surface area contributed by atoms with Gasteiger partial charge in [0, 0.05) is 0 Å². The molecule has 4 aromatic rings. The van der Waals surface area contributed by atoms with Crippen LogP contribution in [0.5, 0.6) is 0 Å². The van der Waals surface area contributed by atoms with Gasteiger partial charge in [-0.15, -0.1) is 0 Å². The molecule has 0 spiro atoms. The van der Waals surface area contributed by atoms with Crippen molar-refractivity contribution >= 4 is 72.8 Å². The topological polar surface area (TPSA) is 0 Å². The van der Waals surface area contributed by atoms with Crippen LogP contribution < -0.4 is 24.8 Å². The Morgan fingerprint density at radius 1 is 0.580 bits per heavy atom. The Morgan fingerprint density at radius 2 is 1.02 bits per heavy atom. The predicted molar refractivity (Wildman–Crippen MR) is 208 cm³/mol. The van der Waals surface area contributed by atoms with E-state index in [1.165, 1.54) is 39.9 Å². The van der Waals surface area contributed by atoms with E-state index in [9.17, 15) is 0 Å². The fourth-order valence-corrected chi connectivity index (χ4v) is 16.4. The Bertz CT molecular complexity index is 1870. The van der Waals surface area contributed by atoms with Gasteiger partial charge >= 0.3 is 326 Å². The van der Waals surface area contributed by atoms with Gasteiger partial charge in [0.15, 0.2) is 0 Å². The Labute approximate surface area is 347 Å². The van der Waals surface area contributed by atoms with Crippen molar-refractivity contribution in [3.05, 3.63) is 151 Å². The molecule has 4 aromatic carbocycles. The van der Waals surface area contributed by atoms with Crippen LogP contribution >= 0.6 is 69.6 Å². The molecule has 0 aliphatic heterocycles. The van der Waals surface area contributed by atoms with Gasteiger partial charge in [0.25, 0.3) is 0 Å². The van der Waals surface area contributed by atoms with Crippen molar-refractivity contribution < 1.29 is 46.1 Å². The number of alkyl halides is 6. The van der Waals surface area contributed by atoms with Gasteiger partial charge < -0.3 is 24.8 Å². The third-order valence-electron chi connectivity index (χ3n) is 9.38. The molecule has 0 unspecified atom stereocenters. The van der Waals surface area contributed by atoms with Gasteiger partial charge in [-0.05, 0) is 0 Å². The van der Waals surface area contributed by atoms with Crippen molar-refractivity contribution in [2.75, 3.05) is 0 Å². The molecule has 0 aromatic heterocycles. The molecule has 0 fully saturated rings. The maximum atomic E-state index is 6.52. The number of rotatable bonds is 4. The van der Waals surface area contributed by atoms with Crippen LogP contribution in [0.1, 0.15) is 96.1 Å². The van der Waals surface area contributed by atoms with Crippen molar-refractivity contribution in [3.8, 4) is 11.1 Å². The normalized spacial score (nSPS) is 14.2. The van der Waals surface area contributed by atoms with Crippen LogP contribution in [0.3, 0.4) is 0 Å². The summed E-state index contributed by atoms with van der Waals surface area (Å²) >= 11 is 36.0. The van der Waals surface area contributed by atoms with E-state index < -0.39 is 28.9 Å². The smallest absolute Gasteiger partial charge is 1.00 e. The summed E-state index contributed by atoms with van der Waals surface area (Å²) in [6, 6.07) is 30.4. The average molecular weight is 906 g/mol. The minimum Gasteiger partial charge on any atom is -1.00 e. The molecule has 2 aliphatic carbocycles. The van der Waals surface area contributed by atoms with Crippen LogP contribution in [0.2, 0.25) is 0 Å². The third-order valence-corrected chi connectivity index (χ3v) is 19.0. The molecule has 6 rings (SSSR count). The minimum atomic E-state index is -3.11. The second-order valence-electron chi connectivity index (χ2n) is 14.8. The molecule has 0 heterocycles. The van der Waals surface area contributed by atoms with Gasteiger partial charge in [0.05, 0.1) is 0 Å². The first-order valence-electron chi connectivity index (χ1n) is 16.1. The first kappa shape index (κ1) is 42.2. The van der Waals surface area contributed by atoms with Gasteiger partial charge in [0.2, 0.25) is 0 Å². The first-order valence-corrected chi connectivity index (χ1v) is 22.2. The molecular formula is C41H38Cl8Zr. The van der Waals surface area contributed by atoms with Crippen molar-refractivity contribution in [1.29, 1.82) is 0 Å². The Morgan fingerprint density at radius 3 is 1.38 bits per heavy atom. The van der Waals surface area contributed by atoms with Gasteiger partial charge in [-0.25, -0.2) is 0 Å². The summed E-state index contributed by atoms with van der Waals surface area (Å²) in [5.41, 5.74) is 11.4. The molecule has 9 heteroatoms. The number of benzene rings is 4. The van der Waals surface area contributed by atoms with Crippen LogP contribution in [0.15, 0.2) is 106 Å². The summed E-state index contributed by atoms with van der Waals surface area (Å²) in [5, 5.41) is 0. The predicted octanol–water partition coefficient (Wildman–Crippen LogP) is 7.74. The van der Waals surface area contributed by atoms with Gasteiger partial charge in [-0.2, -0.15) is 0 Å². The van der Waals surface area contributed by atoms with Crippen LogP contribution in [0.25, 0.3) is 11.1 Å². The molecule has 2 aliphatic rings. The maximum absolute atomic E-state index is 6.52. The van der Waals surface area contributed by atoms with E-state index in [2.05, 4.69) is 108 Å². The van der Waals surface area contributed by atoms with E-state index in [0.717, 1.165) is 17.5 Å². The van der Waals surface area contributed by atoms with Crippen molar-refractivity contribution in [1.82, 2.24) is 0 Å². The number of hydrogen-bond donors (Lipinski definition) is 0. The maximum Gasteiger partial charge on any atom is -1.00 e. The number of fused-ring (bicyclic) bond motifs is 3. The molecule has 0 saturated carbocycles. The summed E-state index contributed by atoms with van der Waals surface area (Å²) < 4.78 is -0.180. The molecule has 0 nitrogen and oxygen atoms in total. The van der Waals surface area contributed by atoms with Crippen molar-refractivity contribution in [3.63, 3.8) is 0 Å². The fraction of sp³-hybridized carbons (Fsp3) is 0.293. The fourth-order valence-electron chi connectivity index (χ4n) is 6.82.